The number of unbranched alkanes of at least 4 members (excludes halogenated alkanes) is 1. The van der Waals surface area contributed by atoms with Crippen molar-refractivity contribution in [2.75, 3.05) is 20.0 Å². The highest BCUT2D eigenvalue weighted by atomic mass is 127. The molecule has 3 rings (SSSR count). The van der Waals surface area contributed by atoms with E-state index in [1.54, 1.807) is 14.2 Å². The lowest BCUT2D eigenvalue weighted by Crippen LogP contribution is -2.50. The Kier molecular flexibility index (Phi) is 7.27. The monoisotopic (exact) mass is 529 g/mol. The standard InChI is InChI=1S/C23H32INO3S/c1-5-7-13-23(6-2)16-29(24,26)21-15-20(28-4)19(27-3)14-18(21)22(25-23)17-11-9-8-10-12-17/h8-12,14-15,22,25,29H,5-7,13,16H2,1-4H3/t22-,23+/m1/s1. The van der Waals surface area contributed by atoms with Crippen molar-refractivity contribution in [2.45, 2.75) is 56.0 Å². The first-order valence-electron chi connectivity index (χ1n) is 10.3. The molecule has 4 nitrogen and oxygen atoms in total. The maximum absolute atomic E-state index is 14.1. The number of rotatable bonds is 7. The number of nitrogens with one attached hydrogen (secondary N) is 1. The second kappa shape index (κ2) is 9.35. The Morgan fingerprint density at radius 3 is 2.38 bits per heavy atom. The molecule has 0 fully saturated rings. The van der Waals surface area contributed by atoms with Gasteiger partial charge in [-0.3, -0.25) is 9.53 Å². The number of hydrogen-bond acceptors (Lipinski definition) is 4. The van der Waals surface area contributed by atoms with Gasteiger partial charge in [0.15, 0.2) is 11.5 Å². The second-order valence-electron chi connectivity index (χ2n) is 7.80. The molecule has 0 radical (unpaired) electrons. The van der Waals surface area contributed by atoms with Gasteiger partial charge in [0, 0.05) is 37.4 Å². The van der Waals surface area contributed by atoms with E-state index in [2.05, 4.69) is 64.6 Å². The van der Waals surface area contributed by atoms with Gasteiger partial charge < -0.3 is 9.47 Å². The van der Waals surface area contributed by atoms with E-state index in [0.29, 0.717) is 17.3 Å². The SMILES string of the molecule is CCCC[C@@]1(CC)C[SH](=O)(I)c2cc(OC)c(OC)cc2[C@@H](c2ccccc2)N1. The molecule has 1 aliphatic heterocycles. The van der Waals surface area contributed by atoms with Gasteiger partial charge in [-0.15, -0.1) is 0 Å². The zero-order chi connectivity index (χ0) is 21.1. The van der Waals surface area contributed by atoms with Crippen LogP contribution in [0.2, 0.25) is 0 Å². The summed E-state index contributed by atoms with van der Waals surface area (Å²) in [6, 6.07) is 14.3. The van der Waals surface area contributed by atoms with E-state index in [0.717, 1.165) is 36.1 Å². The minimum atomic E-state index is -2.65. The third-order valence-electron chi connectivity index (χ3n) is 5.98. The summed E-state index contributed by atoms with van der Waals surface area (Å²) in [5.41, 5.74) is 2.03. The molecule has 2 aromatic carbocycles. The Hall–Kier alpha value is -1.12. The molecule has 160 valence electrons. The maximum atomic E-state index is 14.1. The molecule has 2 aromatic rings. The fourth-order valence-corrected chi connectivity index (χ4v) is 9.80. The summed E-state index contributed by atoms with van der Waals surface area (Å²) in [6.07, 6.45) is 4.19. The van der Waals surface area contributed by atoms with Crippen LogP contribution in [-0.2, 0) is 7.10 Å². The molecule has 29 heavy (non-hydrogen) atoms. The summed E-state index contributed by atoms with van der Waals surface area (Å²) in [7, 11) is 0.620. The number of thiol groups is 1. The van der Waals surface area contributed by atoms with E-state index in [9.17, 15) is 4.21 Å². The van der Waals surface area contributed by atoms with E-state index in [4.69, 9.17) is 9.47 Å². The van der Waals surface area contributed by atoms with Crippen LogP contribution in [0.4, 0.5) is 0 Å². The van der Waals surface area contributed by atoms with E-state index >= 15 is 0 Å². The Bertz CT molecular complexity index is 889. The summed E-state index contributed by atoms with van der Waals surface area (Å²) in [5.74, 6) is 1.94. The molecule has 6 heteroatoms. The van der Waals surface area contributed by atoms with Crippen molar-refractivity contribution in [3.05, 3.63) is 53.6 Å². The van der Waals surface area contributed by atoms with Gasteiger partial charge in [-0.05, 0) is 43.2 Å². The van der Waals surface area contributed by atoms with E-state index in [-0.39, 0.29) is 11.6 Å². The summed E-state index contributed by atoms with van der Waals surface area (Å²) < 4.78 is 25.3. The number of methoxy groups -OCH3 is 2. The van der Waals surface area contributed by atoms with Crippen LogP contribution in [0.15, 0.2) is 47.4 Å². The molecule has 0 amide bonds. The van der Waals surface area contributed by atoms with E-state index in [1.807, 2.05) is 18.2 Å². The van der Waals surface area contributed by atoms with Crippen LogP contribution in [0.5, 0.6) is 11.5 Å². The summed E-state index contributed by atoms with van der Waals surface area (Å²) >= 11 is 2.21. The fourth-order valence-electron chi connectivity index (χ4n) is 4.27. The first-order chi connectivity index (χ1) is 13.9. The van der Waals surface area contributed by atoms with Gasteiger partial charge in [0.25, 0.3) is 0 Å². The highest BCUT2D eigenvalue weighted by Crippen LogP contribution is 2.47. The molecular formula is C23H32INO3S. The lowest BCUT2D eigenvalue weighted by molar-refractivity contribution is 0.295. The smallest absolute Gasteiger partial charge is 0.161 e. The van der Waals surface area contributed by atoms with Crippen LogP contribution >= 0.6 is 21.2 Å². The third kappa shape index (κ3) is 4.64. The summed E-state index contributed by atoms with van der Waals surface area (Å²) in [4.78, 5) is 0.893. The number of fused-ring (bicyclic) bond motifs is 1. The molecule has 0 saturated carbocycles. The maximum Gasteiger partial charge on any atom is 0.161 e. The van der Waals surface area contributed by atoms with Gasteiger partial charge in [0.1, 0.15) is 0 Å². The Morgan fingerprint density at radius 1 is 1.14 bits per heavy atom. The molecule has 0 aromatic heterocycles. The van der Waals surface area contributed by atoms with Crippen LogP contribution in [0.3, 0.4) is 0 Å². The predicted octanol–water partition coefficient (Wildman–Crippen LogP) is 5.46. The van der Waals surface area contributed by atoms with Crippen molar-refractivity contribution < 1.29 is 13.7 Å². The lowest BCUT2D eigenvalue weighted by Gasteiger charge is -2.37. The molecule has 0 spiro atoms. The molecular weight excluding hydrogens is 497 g/mol. The zero-order valence-electron chi connectivity index (χ0n) is 17.7. The minimum absolute atomic E-state index is 0.0478. The molecule has 1 N–H and O–H groups in total. The first-order valence-corrected chi connectivity index (χ1v) is 14.9. The first kappa shape index (κ1) is 22.6. The third-order valence-corrected chi connectivity index (χ3v) is 10.7. The molecule has 0 saturated heterocycles. The molecule has 2 atom stereocenters. The second-order valence-corrected chi connectivity index (χ2v) is 14.6. The summed E-state index contributed by atoms with van der Waals surface area (Å²) in [5, 5.41) is 3.96. The highest BCUT2D eigenvalue weighted by Gasteiger charge is 2.41. The Labute approximate surface area is 187 Å². The van der Waals surface area contributed by atoms with Crippen molar-refractivity contribution in [2.24, 2.45) is 0 Å². The van der Waals surface area contributed by atoms with Gasteiger partial charge in [-0.1, -0.05) is 57.0 Å². The van der Waals surface area contributed by atoms with E-state index in [1.165, 1.54) is 5.56 Å². The van der Waals surface area contributed by atoms with Gasteiger partial charge >= 0.3 is 0 Å². The zero-order valence-corrected chi connectivity index (χ0v) is 20.8. The topological polar surface area (TPSA) is 47.6 Å². The highest BCUT2D eigenvalue weighted by molar-refractivity contribution is 14.2. The quantitative estimate of drug-likeness (QED) is 0.284. The van der Waals surface area contributed by atoms with Crippen LogP contribution in [0.1, 0.15) is 56.7 Å². The predicted molar refractivity (Wildman–Crippen MR) is 130 cm³/mol. The van der Waals surface area contributed by atoms with Gasteiger partial charge in [-0.2, -0.15) is 0 Å². The molecule has 1 heterocycles. The average Bonchev–Trinajstić information content (AvgIpc) is 2.84. The van der Waals surface area contributed by atoms with Crippen molar-refractivity contribution in [3.63, 3.8) is 0 Å². The van der Waals surface area contributed by atoms with Crippen LogP contribution < -0.4 is 14.8 Å². The fraction of sp³-hybridized carbons (Fsp3) is 0.478. The average molecular weight is 529 g/mol. The largest absolute Gasteiger partial charge is 0.493 e. The molecule has 1 aliphatic rings. The van der Waals surface area contributed by atoms with Crippen molar-refractivity contribution in [1.82, 2.24) is 5.32 Å². The Balaban J connectivity index is 2.25. The Morgan fingerprint density at radius 2 is 1.79 bits per heavy atom. The van der Waals surface area contributed by atoms with Gasteiger partial charge in [0.2, 0.25) is 0 Å². The van der Waals surface area contributed by atoms with Gasteiger partial charge in [-0.25, -0.2) is 0 Å². The van der Waals surface area contributed by atoms with Crippen molar-refractivity contribution >= 4 is 28.3 Å². The lowest BCUT2D eigenvalue weighted by atomic mass is 9.88. The number of benzene rings is 2. The normalized spacial score (nSPS) is 24.2. The van der Waals surface area contributed by atoms with E-state index < -0.39 is 7.10 Å². The number of halogens is 1. The molecule has 0 bridgehead atoms. The molecule has 0 unspecified atom stereocenters. The number of ether oxygens (including phenoxy) is 2. The minimum Gasteiger partial charge on any atom is -0.493 e. The van der Waals surface area contributed by atoms with Gasteiger partial charge in [0.05, 0.1) is 20.3 Å². The van der Waals surface area contributed by atoms with Crippen molar-refractivity contribution in [1.29, 1.82) is 0 Å². The molecule has 0 aliphatic carbocycles. The van der Waals surface area contributed by atoms with Crippen molar-refractivity contribution in [3.8, 4) is 11.5 Å². The van der Waals surface area contributed by atoms with Crippen LogP contribution in [0.25, 0.3) is 0 Å². The van der Waals surface area contributed by atoms with Crippen LogP contribution in [0, 0.1) is 0 Å². The number of hydrogen-bond donors (Lipinski definition) is 2. The van der Waals surface area contributed by atoms with Crippen LogP contribution in [-0.4, -0.2) is 29.7 Å². The summed E-state index contributed by atoms with van der Waals surface area (Å²) in [6.45, 7) is 4.42.